The molecule has 1 aliphatic rings. The minimum Gasteiger partial charge on any atom is -0.488 e. The van der Waals surface area contributed by atoms with Crippen LogP contribution in [-0.4, -0.2) is 26.7 Å². The number of carbonyl (C=O) groups is 1. The highest BCUT2D eigenvalue weighted by Gasteiger charge is 2.19. The number of hydrogen-bond acceptors (Lipinski definition) is 5. The molecule has 3 aromatic carbocycles. The van der Waals surface area contributed by atoms with Crippen LogP contribution in [0.5, 0.6) is 5.75 Å². The Hall–Kier alpha value is -3.72. The van der Waals surface area contributed by atoms with Gasteiger partial charge < -0.3 is 10.1 Å². The number of aliphatic imine (C=N–C) groups is 1. The van der Waals surface area contributed by atoms with E-state index in [4.69, 9.17) is 4.74 Å². The van der Waals surface area contributed by atoms with Gasteiger partial charge in [0.15, 0.2) is 0 Å². The first-order valence-electron chi connectivity index (χ1n) is 11.3. The number of amidine groups is 1. The van der Waals surface area contributed by atoms with Gasteiger partial charge in [0.25, 0.3) is 15.9 Å². The molecule has 0 saturated carbocycles. The van der Waals surface area contributed by atoms with Crippen LogP contribution in [0.4, 0.5) is 10.1 Å². The summed E-state index contributed by atoms with van der Waals surface area (Å²) in [6.07, 6.45) is 3.44. The zero-order valence-corrected chi connectivity index (χ0v) is 19.9. The molecule has 0 unspecified atom stereocenters. The van der Waals surface area contributed by atoms with Crippen LogP contribution in [0.1, 0.15) is 41.6 Å². The quantitative estimate of drug-likeness (QED) is 0.487. The molecule has 182 valence electrons. The number of anilines is 1. The molecule has 0 radical (unpaired) electrons. The summed E-state index contributed by atoms with van der Waals surface area (Å²) in [7, 11) is -3.83. The lowest BCUT2D eigenvalue weighted by Crippen LogP contribution is -2.30. The highest BCUT2D eigenvalue weighted by atomic mass is 32.2. The normalized spacial score (nSPS) is 13.9. The molecule has 0 aliphatic carbocycles. The summed E-state index contributed by atoms with van der Waals surface area (Å²) in [6, 6.07) is 18.7. The number of para-hydroxylation sites is 1. The van der Waals surface area contributed by atoms with Crippen LogP contribution in [0.3, 0.4) is 0 Å². The monoisotopic (exact) mass is 495 g/mol. The van der Waals surface area contributed by atoms with Gasteiger partial charge in [-0.25, -0.2) is 12.8 Å². The zero-order valence-electron chi connectivity index (χ0n) is 19.0. The van der Waals surface area contributed by atoms with Gasteiger partial charge in [-0.15, -0.1) is 0 Å². The van der Waals surface area contributed by atoms with E-state index in [9.17, 15) is 17.6 Å². The molecule has 1 aliphatic heterocycles. The number of carbonyl (C=O) groups excluding carboxylic acids is 1. The predicted octanol–water partition coefficient (Wildman–Crippen LogP) is 4.91. The average Bonchev–Trinajstić information content (AvgIpc) is 3.12. The van der Waals surface area contributed by atoms with Crippen molar-refractivity contribution in [2.24, 2.45) is 4.99 Å². The third-order valence-electron chi connectivity index (χ3n) is 5.47. The average molecular weight is 496 g/mol. The van der Waals surface area contributed by atoms with Crippen molar-refractivity contribution >= 4 is 27.5 Å². The molecule has 0 saturated heterocycles. The van der Waals surface area contributed by atoms with E-state index in [1.165, 1.54) is 24.3 Å². The smallest absolute Gasteiger partial charge is 0.262 e. The molecule has 35 heavy (non-hydrogen) atoms. The molecule has 0 fully saturated rings. The molecule has 4 rings (SSSR count). The molecular formula is C26H26FN3O4S. The van der Waals surface area contributed by atoms with Crippen LogP contribution in [0.2, 0.25) is 0 Å². The van der Waals surface area contributed by atoms with Crippen LogP contribution < -0.4 is 14.8 Å². The van der Waals surface area contributed by atoms with E-state index < -0.39 is 15.9 Å². The van der Waals surface area contributed by atoms with Gasteiger partial charge in [-0.1, -0.05) is 36.8 Å². The second kappa shape index (κ2) is 11.1. The number of amides is 1. The van der Waals surface area contributed by atoms with E-state index in [0.29, 0.717) is 30.2 Å². The third kappa shape index (κ3) is 6.66. The summed E-state index contributed by atoms with van der Waals surface area (Å²) in [5, 5.41) is 2.74. The second-order valence-electron chi connectivity index (χ2n) is 8.14. The van der Waals surface area contributed by atoms with Gasteiger partial charge >= 0.3 is 0 Å². The summed E-state index contributed by atoms with van der Waals surface area (Å²) < 4.78 is 47.2. The van der Waals surface area contributed by atoms with Crippen LogP contribution >= 0.6 is 0 Å². The Morgan fingerprint density at radius 2 is 1.77 bits per heavy atom. The van der Waals surface area contributed by atoms with Crippen molar-refractivity contribution in [3.8, 4) is 5.75 Å². The molecule has 1 amide bonds. The lowest BCUT2D eigenvalue weighted by atomic mass is 10.1. The standard InChI is InChI=1S/C26H26FN3O4S/c27-20-14-12-19(13-15-20)18-34-24-10-4-3-9-23(24)26(31)29-21-7-6-8-22(17-21)35(32,33)30-25-11-2-1-5-16-28-25/h3-4,6-10,12-15,17H,1-2,5,11,16,18H2,(H,28,30)(H,29,31). The highest BCUT2D eigenvalue weighted by molar-refractivity contribution is 7.90. The molecule has 0 aromatic heterocycles. The van der Waals surface area contributed by atoms with E-state index in [0.717, 1.165) is 24.8 Å². The maximum atomic E-state index is 13.1. The second-order valence-corrected chi connectivity index (χ2v) is 9.82. The molecule has 7 nitrogen and oxygen atoms in total. The molecule has 0 bridgehead atoms. The van der Waals surface area contributed by atoms with Crippen molar-refractivity contribution in [3.05, 3.63) is 89.7 Å². The number of rotatable bonds is 7. The predicted molar refractivity (Wildman–Crippen MR) is 133 cm³/mol. The van der Waals surface area contributed by atoms with Gasteiger partial charge in [0.2, 0.25) is 0 Å². The Balaban J connectivity index is 1.46. The fourth-order valence-electron chi connectivity index (χ4n) is 3.63. The summed E-state index contributed by atoms with van der Waals surface area (Å²) in [6.45, 7) is 0.768. The van der Waals surface area contributed by atoms with E-state index >= 15 is 0 Å². The van der Waals surface area contributed by atoms with Crippen molar-refractivity contribution in [1.29, 1.82) is 0 Å². The number of sulfonamides is 1. The SMILES string of the molecule is O=C(Nc1cccc(S(=O)(=O)NC2=NCCCCC2)c1)c1ccccc1OCc1ccc(F)cc1. The molecule has 9 heteroatoms. The number of nitrogens with one attached hydrogen (secondary N) is 2. The summed E-state index contributed by atoms with van der Waals surface area (Å²) in [4.78, 5) is 17.3. The maximum absolute atomic E-state index is 13.1. The first-order valence-corrected chi connectivity index (χ1v) is 12.8. The molecule has 1 heterocycles. The lowest BCUT2D eigenvalue weighted by molar-refractivity contribution is 0.102. The van der Waals surface area contributed by atoms with Crippen LogP contribution in [0.25, 0.3) is 0 Å². The Morgan fingerprint density at radius 3 is 2.60 bits per heavy atom. The van der Waals surface area contributed by atoms with Crippen LogP contribution in [0, 0.1) is 5.82 Å². The number of halogens is 1. The third-order valence-corrected chi connectivity index (χ3v) is 6.85. The molecular weight excluding hydrogens is 469 g/mol. The summed E-state index contributed by atoms with van der Waals surface area (Å²) in [5.74, 6) is 0.0286. The van der Waals surface area contributed by atoms with Crippen molar-refractivity contribution in [2.45, 2.75) is 37.2 Å². The van der Waals surface area contributed by atoms with Crippen LogP contribution in [-0.2, 0) is 16.6 Å². The zero-order chi connectivity index (χ0) is 24.7. The molecule has 0 atom stereocenters. The highest BCUT2D eigenvalue weighted by Crippen LogP contribution is 2.22. The molecule has 0 spiro atoms. The van der Waals surface area contributed by atoms with Gasteiger partial charge in [0.05, 0.1) is 10.5 Å². The van der Waals surface area contributed by atoms with Crippen LogP contribution in [0.15, 0.2) is 82.7 Å². The number of hydrogen-bond donors (Lipinski definition) is 2. The maximum Gasteiger partial charge on any atom is 0.262 e. The van der Waals surface area contributed by atoms with E-state index in [-0.39, 0.29) is 22.9 Å². The van der Waals surface area contributed by atoms with Crippen molar-refractivity contribution in [2.75, 3.05) is 11.9 Å². The van der Waals surface area contributed by atoms with E-state index in [1.54, 1.807) is 48.5 Å². The summed E-state index contributed by atoms with van der Waals surface area (Å²) >= 11 is 0. The molecule has 2 N–H and O–H groups in total. The van der Waals surface area contributed by atoms with E-state index in [2.05, 4.69) is 15.0 Å². The fraction of sp³-hybridized carbons (Fsp3) is 0.231. The Kier molecular flexibility index (Phi) is 7.77. The number of benzene rings is 3. The lowest BCUT2D eigenvalue weighted by Gasteiger charge is -2.13. The van der Waals surface area contributed by atoms with Gasteiger partial charge in [-0.2, -0.15) is 0 Å². The Bertz CT molecular complexity index is 1320. The van der Waals surface area contributed by atoms with Crippen molar-refractivity contribution < 1.29 is 22.3 Å². The Morgan fingerprint density at radius 1 is 0.971 bits per heavy atom. The first-order chi connectivity index (χ1) is 16.9. The largest absolute Gasteiger partial charge is 0.488 e. The van der Waals surface area contributed by atoms with E-state index in [1.807, 2.05) is 0 Å². The fourth-order valence-corrected chi connectivity index (χ4v) is 4.77. The first kappa shape index (κ1) is 24.4. The van der Waals surface area contributed by atoms with Gasteiger partial charge in [-0.3, -0.25) is 14.5 Å². The summed E-state index contributed by atoms with van der Waals surface area (Å²) in [5.41, 5.74) is 1.37. The minimum absolute atomic E-state index is 0.0306. The van der Waals surface area contributed by atoms with Crippen molar-refractivity contribution in [3.63, 3.8) is 0 Å². The van der Waals surface area contributed by atoms with Gasteiger partial charge in [0.1, 0.15) is 24.0 Å². The van der Waals surface area contributed by atoms with Gasteiger partial charge in [-0.05, 0) is 60.9 Å². The van der Waals surface area contributed by atoms with Crippen molar-refractivity contribution in [1.82, 2.24) is 4.72 Å². The molecule has 3 aromatic rings. The van der Waals surface area contributed by atoms with Gasteiger partial charge in [0, 0.05) is 18.7 Å². The number of ether oxygens (including phenoxy) is 1. The Labute approximate surface area is 204 Å². The minimum atomic E-state index is -3.83. The topological polar surface area (TPSA) is 96.9 Å². The number of nitrogens with zero attached hydrogens (tertiary/aromatic N) is 1.